The van der Waals surface area contributed by atoms with E-state index >= 15 is 0 Å². The van der Waals surface area contributed by atoms with Crippen LogP contribution in [0.4, 0.5) is 9.70 Å². The number of hydrogen-bond acceptors (Lipinski definition) is 5. The fourth-order valence-electron chi connectivity index (χ4n) is 1.53. The Morgan fingerprint density at radius 1 is 1.50 bits per heavy atom. The number of carbonyl (C=O) groups excluding carboxylic acids is 1. The van der Waals surface area contributed by atoms with Crippen molar-refractivity contribution in [2.24, 2.45) is 0 Å². The predicted molar refractivity (Wildman–Crippen MR) is 52.8 cm³/mol. The van der Waals surface area contributed by atoms with Crippen LogP contribution >= 0.6 is 0 Å². The molecule has 2 rings (SSSR count). The first-order valence-corrected chi connectivity index (χ1v) is 5.93. The number of carbonyl (C=O) groups is 1. The molecule has 2 heterocycles. The van der Waals surface area contributed by atoms with Gasteiger partial charge in [0.25, 0.3) is 0 Å². The first kappa shape index (κ1) is 10.9. The second kappa shape index (κ2) is 3.78. The largest absolute Gasteiger partial charge is 0.307 e. The molecule has 1 aromatic heterocycles. The van der Waals surface area contributed by atoms with Crippen molar-refractivity contribution in [2.75, 3.05) is 11.4 Å². The molecular formula is C8H8FN3O3S. The Kier molecular flexibility index (Phi) is 2.58. The molecule has 1 atom stereocenters. The van der Waals surface area contributed by atoms with Crippen LogP contribution in [0.3, 0.4) is 0 Å². The molecule has 1 saturated heterocycles. The lowest BCUT2D eigenvalue weighted by Gasteiger charge is -2.13. The molecule has 6 nitrogen and oxygen atoms in total. The van der Waals surface area contributed by atoms with Crippen LogP contribution in [0, 0.1) is 0 Å². The minimum absolute atomic E-state index is 0.200. The van der Waals surface area contributed by atoms with Crippen LogP contribution in [0.1, 0.15) is 6.42 Å². The van der Waals surface area contributed by atoms with Crippen molar-refractivity contribution in [3.05, 3.63) is 18.6 Å². The standard InChI is InChI=1S/C8H8FN3O3S/c9-16(14,15)6-3-8(13)12(4-6)7-1-2-10-5-11-7/h1-2,5-6H,3-4H2. The number of halogens is 1. The average molecular weight is 245 g/mol. The van der Waals surface area contributed by atoms with E-state index in [0.717, 1.165) is 4.90 Å². The molecule has 16 heavy (non-hydrogen) atoms. The van der Waals surface area contributed by atoms with Crippen LogP contribution in [-0.2, 0) is 15.0 Å². The maximum atomic E-state index is 12.7. The third-order valence-electron chi connectivity index (χ3n) is 2.33. The number of aromatic nitrogens is 2. The van der Waals surface area contributed by atoms with Crippen molar-refractivity contribution in [3.63, 3.8) is 0 Å². The summed E-state index contributed by atoms with van der Waals surface area (Å²) in [4.78, 5) is 20.1. The highest BCUT2D eigenvalue weighted by Gasteiger charge is 2.39. The Labute approximate surface area is 91.3 Å². The second-order valence-electron chi connectivity index (χ2n) is 3.37. The fourth-order valence-corrected chi connectivity index (χ4v) is 2.20. The molecule has 0 aliphatic carbocycles. The summed E-state index contributed by atoms with van der Waals surface area (Å²) in [6.45, 7) is -0.200. The minimum atomic E-state index is -4.68. The van der Waals surface area contributed by atoms with Gasteiger partial charge in [0, 0.05) is 19.2 Å². The lowest BCUT2D eigenvalue weighted by Crippen LogP contribution is -2.27. The number of anilines is 1. The van der Waals surface area contributed by atoms with Crippen LogP contribution in [0.25, 0.3) is 0 Å². The Morgan fingerprint density at radius 2 is 2.25 bits per heavy atom. The molecule has 86 valence electrons. The molecule has 1 aromatic rings. The van der Waals surface area contributed by atoms with E-state index < -0.39 is 21.4 Å². The molecule has 0 aromatic carbocycles. The van der Waals surface area contributed by atoms with E-state index in [-0.39, 0.29) is 18.8 Å². The summed E-state index contributed by atoms with van der Waals surface area (Å²) < 4.78 is 34.1. The number of nitrogens with zero attached hydrogens (tertiary/aromatic N) is 3. The van der Waals surface area contributed by atoms with Gasteiger partial charge in [-0.2, -0.15) is 8.42 Å². The molecule has 1 amide bonds. The molecule has 0 spiro atoms. The zero-order valence-electron chi connectivity index (χ0n) is 8.08. The van der Waals surface area contributed by atoms with Crippen molar-refractivity contribution < 1.29 is 17.1 Å². The smallest absolute Gasteiger partial charge is 0.295 e. The van der Waals surface area contributed by atoms with Crippen molar-refractivity contribution >= 4 is 21.9 Å². The maximum absolute atomic E-state index is 12.7. The minimum Gasteiger partial charge on any atom is -0.295 e. The van der Waals surface area contributed by atoms with Gasteiger partial charge in [-0.15, -0.1) is 3.89 Å². The number of amides is 1. The number of hydrogen-bond donors (Lipinski definition) is 0. The lowest BCUT2D eigenvalue weighted by molar-refractivity contribution is -0.117. The summed E-state index contributed by atoms with van der Waals surface area (Å²) in [6.07, 6.45) is 2.32. The summed E-state index contributed by atoms with van der Waals surface area (Å²) in [5.74, 6) is -0.170. The SMILES string of the molecule is O=C1CC(S(=O)(=O)F)CN1c1ccncn1. The van der Waals surface area contributed by atoms with Crippen molar-refractivity contribution in [1.82, 2.24) is 9.97 Å². The van der Waals surface area contributed by atoms with Crippen LogP contribution in [0.2, 0.25) is 0 Å². The Morgan fingerprint density at radius 3 is 2.75 bits per heavy atom. The van der Waals surface area contributed by atoms with Gasteiger partial charge in [0.15, 0.2) is 0 Å². The summed E-state index contributed by atoms with van der Waals surface area (Å²) in [7, 11) is -4.68. The molecule has 1 aliphatic rings. The van der Waals surface area contributed by atoms with Gasteiger partial charge in [0.05, 0.1) is 0 Å². The van der Waals surface area contributed by atoms with Gasteiger partial charge in [0.2, 0.25) is 5.91 Å². The van der Waals surface area contributed by atoms with Crippen LogP contribution in [-0.4, -0.2) is 36.1 Å². The lowest BCUT2D eigenvalue weighted by atomic mass is 10.4. The fraction of sp³-hybridized carbons (Fsp3) is 0.375. The van der Waals surface area contributed by atoms with Crippen molar-refractivity contribution in [2.45, 2.75) is 11.7 Å². The van der Waals surface area contributed by atoms with Crippen LogP contribution < -0.4 is 4.90 Å². The van der Waals surface area contributed by atoms with Crippen LogP contribution in [0.15, 0.2) is 18.6 Å². The monoisotopic (exact) mass is 245 g/mol. The zero-order valence-corrected chi connectivity index (χ0v) is 8.89. The van der Waals surface area contributed by atoms with Crippen molar-refractivity contribution in [3.8, 4) is 0 Å². The molecule has 0 radical (unpaired) electrons. The Hall–Kier alpha value is -1.57. The average Bonchev–Trinajstić information content (AvgIpc) is 2.61. The van der Waals surface area contributed by atoms with Gasteiger partial charge in [0.1, 0.15) is 17.4 Å². The summed E-state index contributed by atoms with van der Waals surface area (Å²) >= 11 is 0. The molecule has 1 fully saturated rings. The van der Waals surface area contributed by atoms with E-state index in [9.17, 15) is 17.1 Å². The van der Waals surface area contributed by atoms with Gasteiger partial charge in [-0.3, -0.25) is 9.69 Å². The summed E-state index contributed by atoms with van der Waals surface area (Å²) in [6, 6.07) is 1.46. The van der Waals surface area contributed by atoms with Crippen molar-refractivity contribution in [1.29, 1.82) is 0 Å². The van der Waals surface area contributed by atoms with Crippen LogP contribution in [0.5, 0.6) is 0 Å². The molecular weight excluding hydrogens is 237 g/mol. The first-order chi connectivity index (χ1) is 7.48. The molecule has 0 bridgehead atoms. The quantitative estimate of drug-likeness (QED) is 0.679. The Bertz CT molecular complexity index is 505. The third kappa shape index (κ3) is 2.01. The van der Waals surface area contributed by atoms with E-state index in [4.69, 9.17) is 0 Å². The maximum Gasteiger partial charge on any atom is 0.307 e. The first-order valence-electron chi connectivity index (χ1n) is 4.48. The van der Waals surface area contributed by atoms with Gasteiger partial charge < -0.3 is 0 Å². The highest BCUT2D eigenvalue weighted by atomic mass is 32.3. The van der Waals surface area contributed by atoms with E-state index in [2.05, 4.69) is 9.97 Å². The molecule has 1 aliphatic heterocycles. The second-order valence-corrected chi connectivity index (χ2v) is 4.99. The third-order valence-corrected chi connectivity index (χ3v) is 3.44. The molecule has 0 N–H and O–H groups in total. The van der Waals surface area contributed by atoms with E-state index in [0.29, 0.717) is 0 Å². The Balaban J connectivity index is 2.25. The normalized spacial score (nSPS) is 21.4. The number of rotatable bonds is 2. The van der Waals surface area contributed by atoms with Gasteiger partial charge >= 0.3 is 10.2 Å². The zero-order chi connectivity index (χ0) is 11.8. The van der Waals surface area contributed by atoms with Gasteiger partial charge in [-0.25, -0.2) is 9.97 Å². The predicted octanol–water partition coefficient (Wildman–Crippen LogP) is -0.119. The molecule has 1 unspecified atom stereocenters. The van der Waals surface area contributed by atoms with Gasteiger partial charge in [-0.1, -0.05) is 0 Å². The summed E-state index contributed by atoms with van der Waals surface area (Å²) in [5.41, 5.74) is 0. The van der Waals surface area contributed by atoms with Gasteiger partial charge in [-0.05, 0) is 6.07 Å². The molecule has 0 saturated carbocycles. The van der Waals surface area contributed by atoms with E-state index in [1.165, 1.54) is 18.6 Å². The van der Waals surface area contributed by atoms with E-state index in [1.54, 1.807) is 0 Å². The van der Waals surface area contributed by atoms with E-state index in [1.807, 2.05) is 0 Å². The summed E-state index contributed by atoms with van der Waals surface area (Å²) in [5, 5.41) is -1.30. The topological polar surface area (TPSA) is 80.2 Å². The highest BCUT2D eigenvalue weighted by Crippen LogP contribution is 2.23. The highest BCUT2D eigenvalue weighted by molar-refractivity contribution is 7.87. The molecule has 8 heteroatoms.